The highest BCUT2D eigenvalue weighted by molar-refractivity contribution is 5.97. The van der Waals surface area contributed by atoms with Crippen molar-refractivity contribution in [3.05, 3.63) is 66.2 Å². The normalized spacial score (nSPS) is 10.3. The largest absolute Gasteiger partial charge is 0.489 e. The maximum absolute atomic E-state index is 11.7. The predicted octanol–water partition coefficient (Wildman–Crippen LogP) is 2.53. The molecule has 0 aliphatic carbocycles. The van der Waals surface area contributed by atoms with Crippen molar-refractivity contribution in [2.24, 2.45) is 5.84 Å². The zero-order valence-corrected chi connectivity index (χ0v) is 13.6. The summed E-state index contributed by atoms with van der Waals surface area (Å²) in [6, 6.07) is 12.7. The number of pyridine rings is 1. The van der Waals surface area contributed by atoms with E-state index in [0.717, 1.165) is 11.1 Å². The van der Waals surface area contributed by atoms with E-state index in [2.05, 4.69) is 10.4 Å². The van der Waals surface area contributed by atoms with Crippen molar-refractivity contribution in [1.29, 1.82) is 0 Å². The number of amides is 1. The van der Waals surface area contributed by atoms with Gasteiger partial charge >= 0.3 is 5.91 Å². The van der Waals surface area contributed by atoms with Gasteiger partial charge in [-0.25, -0.2) is 10.8 Å². The number of nitrogens with one attached hydrogen (secondary N) is 1. The molecule has 3 rings (SSSR count). The fourth-order valence-corrected chi connectivity index (χ4v) is 2.32. The molecule has 1 aromatic carbocycles. The van der Waals surface area contributed by atoms with E-state index < -0.39 is 5.91 Å². The fraction of sp³-hybridized carbons (Fsp3) is 0.111. The number of ether oxygens (including phenoxy) is 2. The average molecular weight is 339 g/mol. The van der Waals surface area contributed by atoms with E-state index >= 15 is 0 Å². The highest BCUT2D eigenvalue weighted by Gasteiger charge is 2.16. The number of nitrogen functional groups attached to an aromatic ring is 1. The summed E-state index contributed by atoms with van der Waals surface area (Å²) >= 11 is 0. The van der Waals surface area contributed by atoms with Crippen LogP contribution in [0, 0.1) is 0 Å². The maximum Gasteiger partial charge on any atom is 0.301 e. The van der Waals surface area contributed by atoms with Gasteiger partial charge in [-0.1, -0.05) is 12.1 Å². The minimum Gasteiger partial charge on any atom is -0.489 e. The average Bonchev–Trinajstić information content (AvgIpc) is 3.16. The summed E-state index contributed by atoms with van der Waals surface area (Å²) < 4.78 is 16.0. The van der Waals surface area contributed by atoms with Gasteiger partial charge in [0, 0.05) is 23.4 Å². The van der Waals surface area contributed by atoms with Crippen LogP contribution >= 0.6 is 0 Å². The summed E-state index contributed by atoms with van der Waals surface area (Å²) in [6.07, 6.45) is 3.14. The first-order valence-corrected chi connectivity index (χ1v) is 7.52. The smallest absolute Gasteiger partial charge is 0.301 e. The van der Waals surface area contributed by atoms with Crippen LogP contribution in [0.4, 0.5) is 0 Å². The summed E-state index contributed by atoms with van der Waals surface area (Å²) in [4.78, 5) is 15.9. The van der Waals surface area contributed by atoms with Crippen molar-refractivity contribution in [2.45, 2.75) is 6.61 Å². The molecule has 0 aliphatic heterocycles. The molecule has 0 spiro atoms. The van der Waals surface area contributed by atoms with Gasteiger partial charge in [0.05, 0.1) is 13.4 Å². The molecule has 0 bridgehead atoms. The molecule has 3 aromatic rings. The Labute approximate surface area is 144 Å². The van der Waals surface area contributed by atoms with E-state index in [-0.39, 0.29) is 5.76 Å². The van der Waals surface area contributed by atoms with Crippen molar-refractivity contribution in [3.8, 4) is 22.8 Å². The summed E-state index contributed by atoms with van der Waals surface area (Å²) in [5.41, 5.74) is 4.41. The Hall–Kier alpha value is -3.32. The number of nitrogens with two attached hydrogens (primary N) is 1. The lowest BCUT2D eigenvalue weighted by molar-refractivity contribution is 0.0927. The summed E-state index contributed by atoms with van der Waals surface area (Å²) in [5.74, 6) is 6.05. The molecule has 0 radical (unpaired) electrons. The Balaban J connectivity index is 1.75. The first kappa shape index (κ1) is 16.5. The number of furan rings is 1. The quantitative estimate of drug-likeness (QED) is 0.407. The van der Waals surface area contributed by atoms with Crippen LogP contribution in [0.1, 0.15) is 16.1 Å². The number of hydrogen-bond donors (Lipinski definition) is 2. The predicted molar refractivity (Wildman–Crippen MR) is 90.9 cm³/mol. The van der Waals surface area contributed by atoms with Gasteiger partial charge in [0.15, 0.2) is 5.76 Å². The number of carbonyl (C=O) groups is 1. The lowest BCUT2D eigenvalue weighted by atomic mass is 10.1. The lowest BCUT2D eigenvalue weighted by Crippen LogP contribution is -2.29. The van der Waals surface area contributed by atoms with Gasteiger partial charge in [-0.3, -0.25) is 10.2 Å². The molecule has 0 saturated carbocycles. The third kappa shape index (κ3) is 3.78. The van der Waals surface area contributed by atoms with Crippen molar-refractivity contribution in [2.75, 3.05) is 7.11 Å². The van der Waals surface area contributed by atoms with E-state index in [9.17, 15) is 4.79 Å². The second-order valence-corrected chi connectivity index (χ2v) is 5.16. The van der Waals surface area contributed by atoms with Gasteiger partial charge in [-0.2, -0.15) is 0 Å². The minimum atomic E-state index is -0.490. The molecule has 7 nitrogen and oxygen atoms in total. The Morgan fingerprint density at radius 1 is 1.28 bits per heavy atom. The van der Waals surface area contributed by atoms with Gasteiger partial charge in [0.1, 0.15) is 12.4 Å². The van der Waals surface area contributed by atoms with Gasteiger partial charge < -0.3 is 13.9 Å². The van der Waals surface area contributed by atoms with E-state index in [4.69, 9.17) is 19.7 Å². The van der Waals surface area contributed by atoms with Crippen LogP contribution < -0.4 is 20.7 Å². The van der Waals surface area contributed by atoms with Gasteiger partial charge in [0.2, 0.25) is 5.88 Å². The molecule has 25 heavy (non-hydrogen) atoms. The topological polar surface area (TPSA) is 99.6 Å². The van der Waals surface area contributed by atoms with Crippen molar-refractivity contribution < 1.29 is 18.7 Å². The van der Waals surface area contributed by atoms with Crippen LogP contribution in [-0.2, 0) is 6.61 Å². The second kappa shape index (κ2) is 7.50. The van der Waals surface area contributed by atoms with Crippen LogP contribution in [-0.4, -0.2) is 18.0 Å². The van der Waals surface area contributed by atoms with Crippen molar-refractivity contribution in [3.63, 3.8) is 0 Å². The standard InChI is InChI=1S/C18H17N3O4/c1-23-16-6-5-12(10-20-16)11-25-14-4-2-3-13(9-14)15-7-8-24-17(15)18(22)21-19/h2-10H,11,19H2,1H3,(H,21,22). The van der Waals surface area contributed by atoms with Crippen LogP contribution in [0.5, 0.6) is 11.6 Å². The number of hydrogen-bond acceptors (Lipinski definition) is 6. The van der Waals surface area contributed by atoms with Crippen LogP contribution in [0.2, 0.25) is 0 Å². The zero-order valence-electron chi connectivity index (χ0n) is 13.6. The summed E-state index contributed by atoms with van der Waals surface area (Å²) in [7, 11) is 1.57. The summed E-state index contributed by atoms with van der Waals surface area (Å²) in [6.45, 7) is 0.363. The molecule has 0 fully saturated rings. The number of hydrazine groups is 1. The molecule has 0 atom stereocenters. The highest BCUT2D eigenvalue weighted by Crippen LogP contribution is 2.28. The summed E-state index contributed by atoms with van der Waals surface area (Å²) in [5, 5.41) is 0. The molecule has 128 valence electrons. The Bertz CT molecular complexity index is 859. The number of rotatable bonds is 6. The van der Waals surface area contributed by atoms with Gasteiger partial charge in [0.25, 0.3) is 0 Å². The molecular formula is C18H17N3O4. The number of benzene rings is 1. The third-order valence-corrected chi connectivity index (χ3v) is 3.56. The van der Waals surface area contributed by atoms with E-state index in [0.29, 0.717) is 23.8 Å². The van der Waals surface area contributed by atoms with E-state index in [1.807, 2.05) is 30.3 Å². The first-order chi connectivity index (χ1) is 12.2. The number of carbonyl (C=O) groups excluding carboxylic acids is 1. The highest BCUT2D eigenvalue weighted by atomic mass is 16.5. The molecule has 7 heteroatoms. The van der Waals surface area contributed by atoms with E-state index in [1.54, 1.807) is 25.4 Å². The van der Waals surface area contributed by atoms with Crippen molar-refractivity contribution in [1.82, 2.24) is 10.4 Å². The Morgan fingerprint density at radius 3 is 2.88 bits per heavy atom. The third-order valence-electron chi connectivity index (χ3n) is 3.56. The van der Waals surface area contributed by atoms with Crippen LogP contribution in [0.15, 0.2) is 59.3 Å². The molecule has 2 heterocycles. The molecule has 0 unspecified atom stereocenters. The Kier molecular flexibility index (Phi) is 4.96. The molecule has 0 saturated heterocycles. The Morgan fingerprint density at radius 2 is 2.16 bits per heavy atom. The zero-order chi connectivity index (χ0) is 17.6. The molecule has 3 N–H and O–H groups in total. The monoisotopic (exact) mass is 339 g/mol. The van der Waals surface area contributed by atoms with E-state index in [1.165, 1.54) is 6.26 Å². The van der Waals surface area contributed by atoms with Crippen LogP contribution in [0.25, 0.3) is 11.1 Å². The minimum absolute atomic E-state index is 0.152. The van der Waals surface area contributed by atoms with Crippen LogP contribution in [0.3, 0.4) is 0 Å². The first-order valence-electron chi connectivity index (χ1n) is 7.52. The molecule has 2 aromatic heterocycles. The fourth-order valence-electron chi connectivity index (χ4n) is 2.32. The SMILES string of the molecule is COc1ccc(COc2cccc(-c3ccoc3C(=O)NN)c2)cn1. The number of aromatic nitrogens is 1. The molecular weight excluding hydrogens is 322 g/mol. The maximum atomic E-state index is 11.7. The molecule has 1 amide bonds. The number of methoxy groups -OCH3 is 1. The second-order valence-electron chi connectivity index (χ2n) is 5.16. The lowest BCUT2D eigenvalue weighted by Gasteiger charge is -2.08. The van der Waals surface area contributed by atoms with Gasteiger partial charge in [-0.15, -0.1) is 0 Å². The number of nitrogens with zero attached hydrogens (tertiary/aromatic N) is 1. The van der Waals surface area contributed by atoms with Gasteiger partial charge in [-0.05, 0) is 29.8 Å². The molecule has 0 aliphatic rings. The van der Waals surface area contributed by atoms with Crippen molar-refractivity contribution >= 4 is 5.91 Å².